The van der Waals surface area contributed by atoms with Crippen molar-refractivity contribution in [2.75, 3.05) is 19.0 Å². The third-order valence-electron chi connectivity index (χ3n) is 3.02. The molecule has 0 radical (unpaired) electrons. The molecule has 2 aromatic carbocycles. The minimum atomic E-state index is -0.938. The molecule has 110 valence electrons. The van der Waals surface area contributed by atoms with Crippen LogP contribution >= 0.6 is 15.9 Å². The quantitative estimate of drug-likeness (QED) is 0.832. The van der Waals surface area contributed by atoms with Gasteiger partial charge in [0.2, 0.25) is 0 Å². The van der Waals surface area contributed by atoms with Crippen LogP contribution in [0.25, 0.3) is 0 Å². The SMILES string of the molecule is COc1cccc(CCNc2cc(Br)cc(C(=O)O)c2)c1. The summed E-state index contributed by atoms with van der Waals surface area (Å²) in [5.74, 6) is -0.102. The Morgan fingerprint density at radius 3 is 2.81 bits per heavy atom. The van der Waals surface area contributed by atoms with E-state index in [0.29, 0.717) is 6.54 Å². The zero-order chi connectivity index (χ0) is 15.2. The Morgan fingerprint density at radius 2 is 2.10 bits per heavy atom. The van der Waals surface area contributed by atoms with E-state index in [9.17, 15) is 4.79 Å². The number of rotatable bonds is 6. The second kappa shape index (κ2) is 7.13. The van der Waals surface area contributed by atoms with Crippen LogP contribution in [0.4, 0.5) is 5.69 Å². The summed E-state index contributed by atoms with van der Waals surface area (Å²) >= 11 is 3.32. The summed E-state index contributed by atoms with van der Waals surface area (Å²) in [6.07, 6.45) is 0.826. The van der Waals surface area contributed by atoms with Crippen molar-refractivity contribution in [1.29, 1.82) is 0 Å². The van der Waals surface area contributed by atoms with E-state index in [1.54, 1.807) is 19.2 Å². The van der Waals surface area contributed by atoms with E-state index in [1.165, 1.54) is 0 Å². The van der Waals surface area contributed by atoms with Crippen molar-refractivity contribution in [2.24, 2.45) is 0 Å². The smallest absolute Gasteiger partial charge is 0.335 e. The molecule has 0 bridgehead atoms. The summed E-state index contributed by atoms with van der Waals surface area (Å²) in [5, 5.41) is 12.3. The molecule has 2 aromatic rings. The number of methoxy groups -OCH3 is 1. The number of halogens is 1. The maximum atomic E-state index is 11.0. The van der Waals surface area contributed by atoms with E-state index in [-0.39, 0.29) is 5.56 Å². The van der Waals surface area contributed by atoms with Crippen molar-refractivity contribution < 1.29 is 14.6 Å². The Morgan fingerprint density at radius 1 is 1.29 bits per heavy atom. The van der Waals surface area contributed by atoms with Crippen LogP contribution in [0, 0.1) is 0 Å². The number of nitrogens with one attached hydrogen (secondary N) is 1. The fourth-order valence-corrected chi connectivity index (χ4v) is 2.49. The second-order valence-electron chi connectivity index (χ2n) is 4.56. The van der Waals surface area contributed by atoms with Gasteiger partial charge >= 0.3 is 5.97 Å². The minimum Gasteiger partial charge on any atom is -0.497 e. The first-order valence-electron chi connectivity index (χ1n) is 6.49. The topological polar surface area (TPSA) is 58.6 Å². The van der Waals surface area contributed by atoms with Crippen LogP contribution in [0.5, 0.6) is 5.75 Å². The lowest BCUT2D eigenvalue weighted by Gasteiger charge is -2.09. The van der Waals surface area contributed by atoms with Crippen LogP contribution in [0.1, 0.15) is 15.9 Å². The first-order chi connectivity index (χ1) is 10.1. The fraction of sp³-hybridized carbons (Fsp3) is 0.188. The molecule has 0 aliphatic carbocycles. The lowest BCUT2D eigenvalue weighted by Crippen LogP contribution is -2.06. The third-order valence-corrected chi connectivity index (χ3v) is 3.48. The van der Waals surface area contributed by atoms with E-state index in [1.807, 2.05) is 30.3 Å². The average Bonchev–Trinajstić information content (AvgIpc) is 2.47. The molecule has 0 unspecified atom stereocenters. The highest BCUT2D eigenvalue weighted by Crippen LogP contribution is 2.20. The Balaban J connectivity index is 1.98. The Bertz CT molecular complexity index is 643. The fourth-order valence-electron chi connectivity index (χ4n) is 1.99. The molecule has 4 nitrogen and oxygen atoms in total. The molecule has 0 spiro atoms. The number of benzene rings is 2. The summed E-state index contributed by atoms with van der Waals surface area (Å²) in [6.45, 7) is 0.711. The Hall–Kier alpha value is -2.01. The number of hydrogen-bond donors (Lipinski definition) is 2. The zero-order valence-electron chi connectivity index (χ0n) is 11.6. The van der Waals surface area contributed by atoms with Gasteiger partial charge in [0.1, 0.15) is 5.75 Å². The number of anilines is 1. The maximum absolute atomic E-state index is 11.0. The van der Waals surface area contributed by atoms with Crippen molar-refractivity contribution in [1.82, 2.24) is 0 Å². The predicted octanol–water partition coefficient (Wildman–Crippen LogP) is 3.81. The summed E-state index contributed by atoms with van der Waals surface area (Å²) < 4.78 is 5.93. The molecule has 0 atom stereocenters. The molecule has 0 fully saturated rings. The monoisotopic (exact) mass is 349 g/mol. The molecule has 2 N–H and O–H groups in total. The van der Waals surface area contributed by atoms with Gasteiger partial charge < -0.3 is 15.2 Å². The van der Waals surface area contributed by atoms with Gasteiger partial charge in [-0.25, -0.2) is 4.79 Å². The van der Waals surface area contributed by atoms with Gasteiger partial charge in [-0.05, 0) is 42.3 Å². The number of carboxylic acids is 1. The van der Waals surface area contributed by atoms with E-state index in [0.717, 1.165) is 27.9 Å². The summed E-state index contributed by atoms with van der Waals surface area (Å²) in [6, 6.07) is 12.9. The summed E-state index contributed by atoms with van der Waals surface area (Å²) in [5.41, 5.74) is 2.20. The maximum Gasteiger partial charge on any atom is 0.335 e. The highest BCUT2D eigenvalue weighted by molar-refractivity contribution is 9.10. The first kappa shape index (κ1) is 15.4. The van der Waals surface area contributed by atoms with Crippen LogP contribution in [0.15, 0.2) is 46.9 Å². The van der Waals surface area contributed by atoms with Crippen molar-refractivity contribution in [3.8, 4) is 5.75 Å². The first-order valence-corrected chi connectivity index (χ1v) is 7.28. The van der Waals surface area contributed by atoms with Crippen molar-refractivity contribution in [2.45, 2.75) is 6.42 Å². The highest BCUT2D eigenvalue weighted by Gasteiger charge is 2.06. The van der Waals surface area contributed by atoms with Gasteiger partial charge in [-0.1, -0.05) is 28.1 Å². The average molecular weight is 350 g/mol. The van der Waals surface area contributed by atoms with Crippen molar-refractivity contribution in [3.05, 3.63) is 58.1 Å². The van der Waals surface area contributed by atoms with Gasteiger partial charge in [-0.2, -0.15) is 0 Å². The molecular weight excluding hydrogens is 334 g/mol. The lowest BCUT2D eigenvalue weighted by molar-refractivity contribution is 0.0697. The number of aromatic carboxylic acids is 1. The molecule has 5 heteroatoms. The van der Waals surface area contributed by atoms with Gasteiger partial charge in [0.25, 0.3) is 0 Å². The third kappa shape index (κ3) is 4.49. The Kier molecular flexibility index (Phi) is 5.22. The van der Waals surface area contributed by atoms with E-state index >= 15 is 0 Å². The minimum absolute atomic E-state index is 0.258. The largest absolute Gasteiger partial charge is 0.497 e. The van der Waals surface area contributed by atoms with E-state index < -0.39 is 5.97 Å². The van der Waals surface area contributed by atoms with Crippen molar-refractivity contribution >= 4 is 27.6 Å². The van der Waals surface area contributed by atoms with Gasteiger partial charge in [0.05, 0.1) is 12.7 Å². The molecule has 0 aliphatic rings. The van der Waals surface area contributed by atoms with E-state index in [4.69, 9.17) is 9.84 Å². The second-order valence-corrected chi connectivity index (χ2v) is 5.48. The van der Waals surface area contributed by atoms with Crippen LogP contribution in [-0.2, 0) is 6.42 Å². The molecule has 21 heavy (non-hydrogen) atoms. The summed E-state index contributed by atoms with van der Waals surface area (Å²) in [4.78, 5) is 11.0. The van der Waals surface area contributed by atoms with Gasteiger partial charge in [0.15, 0.2) is 0 Å². The van der Waals surface area contributed by atoms with Crippen molar-refractivity contribution in [3.63, 3.8) is 0 Å². The van der Waals surface area contributed by atoms with Crippen LogP contribution in [0.2, 0.25) is 0 Å². The molecule has 0 amide bonds. The molecular formula is C16H16BrNO3. The van der Waals surface area contributed by atoms with Gasteiger partial charge in [0, 0.05) is 16.7 Å². The lowest BCUT2D eigenvalue weighted by atomic mass is 10.1. The number of ether oxygens (including phenoxy) is 1. The summed E-state index contributed by atoms with van der Waals surface area (Å²) in [7, 11) is 1.65. The van der Waals surface area contributed by atoms with Gasteiger partial charge in [-0.3, -0.25) is 0 Å². The highest BCUT2D eigenvalue weighted by atomic mass is 79.9. The Labute approximate surface area is 131 Å². The normalized spacial score (nSPS) is 10.2. The number of carbonyl (C=O) groups is 1. The molecule has 0 heterocycles. The molecule has 2 rings (SSSR count). The van der Waals surface area contributed by atoms with Crippen LogP contribution < -0.4 is 10.1 Å². The number of carboxylic acid groups (broad SMARTS) is 1. The molecule has 0 saturated carbocycles. The zero-order valence-corrected chi connectivity index (χ0v) is 13.2. The number of hydrogen-bond acceptors (Lipinski definition) is 3. The molecule has 0 aliphatic heterocycles. The standard InChI is InChI=1S/C16H16BrNO3/c1-21-15-4-2-3-11(7-15)5-6-18-14-9-12(16(19)20)8-13(17)10-14/h2-4,7-10,18H,5-6H2,1H3,(H,19,20). The predicted molar refractivity (Wildman–Crippen MR) is 86.3 cm³/mol. The van der Waals surface area contributed by atoms with Crippen LogP contribution in [0.3, 0.4) is 0 Å². The van der Waals surface area contributed by atoms with E-state index in [2.05, 4.69) is 21.2 Å². The molecule has 0 saturated heterocycles. The van der Waals surface area contributed by atoms with Crippen LogP contribution in [-0.4, -0.2) is 24.7 Å². The molecule has 0 aromatic heterocycles. The van der Waals surface area contributed by atoms with Gasteiger partial charge in [-0.15, -0.1) is 0 Å².